The fourth-order valence-corrected chi connectivity index (χ4v) is 0.811. The van der Waals surface area contributed by atoms with Crippen molar-refractivity contribution in [3.8, 4) is 0 Å². The molecule has 0 atom stereocenters. The summed E-state index contributed by atoms with van der Waals surface area (Å²) in [7, 11) is 0. The van der Waals surface area contributed by atoms with E-state index in [0.29, 0.717) is 0 Å². The van der Waals surface area contributed by atoms with Crippen LogP contribution in [0.1, 0.15) is 13.8 Å². The zero-order valence-electron chi connectivity index (χ0n) is 6.04. The molecule has 0 radical (unpaired) electrons. The number of nitrogens with one attached hydrogen (secondary N) is 2. The standard InChI is InChI=1S/C4H8N2O3S2/c1-3(7)5-10-9-11-6-4(2)8/h1-2H3,(H,5,7)(H,6,8). The van der Waals surface area contributed by atoms with E-state index in [-0.39, 0.29) is 11.8 Å². The SMILES string of the molecule is CC(=O)NSOSNC(C)=O. The maximum atomic E-state index is 10.2. The average Bonchev–Trinajstić information content (AvgIpc) is 1.85. The van der Waals surface area contributed by atoms with Crippen LogP contribution in [0.25, 0.3) is 0 Å². The van der Waals surface area contributed by atoms with Gasteiger partial charge in [-0.25, -0.2) is 3.63 Å². The van der Waals surface area contributed by atoms with Crippen LogP contribution in [0, 0.1) is 0 Å². The highest BCUT2D eigenvalue weighted by Gasteiger charge is 1.94. The summed E-state index contributed by atoms with van der Waals surface area (Å²) in [6.07, 6.45) is 0. The van der Waals surface area contributed by atoms with Gasteiger partial charge in [-0.05, 0) is 0 Å². The maximum absolute atomic E-state index is 10.2. The van der Waals surface area contributed by atoms with Gasteiger partial charge in [0.1, 0.15) is 24.5 Å². The van der Waals surface area contributed by atoms with E-state index in [4.69, 9.17) is 0 Å². The Balaban J connectivity index is 3.03. The molecule has 2 amide bonds. The Bertz CT molecular complexity index is 136. The molecule has 0 saturated heterocycles. The predicted molar refractivity (Wildman–Crippen MR) is 43.9 cm³/mol. The quantitative estimate of drug-likeness (QED) is 0.387. The average molecular weight is 196 g/mol. The first-order valence-corrected chi connectivity index (χ1v) is 4.13. The number of amides is 2. The second-order valence-corrected chi connectivity index (χ2v) is 2.84. The van der Waals surface area contributed by atoms with Crippen LogP contribution in [0.15, 0.2) is 0 Å². The molecule has 0 spiro atoms. The van der Waals surface area contributed by atoms with Crippen molar-refractivity contribution in [2.45, 2.75) is 13.8 Å². The van der Waals surface area contributed by atoms with Crippen LogP contribution in [0.5, 0.6) is 0 Å². The molecule has 0 aliphatic rings. The fourth-order valence-electron chi connectivity index (χ4n) is 0.168. The van der Waals surface area contributed by atoms with Crippen LogP contribution in [0.4, 0.5) is 0 Å². The first-order chi connectivity index (χ1) is 5.13. The molecule has 0 bridgehead atoms. The van der Waals surface area contributed by atoms with E-state index in [1.165, 1.54) is 13.8 Å². The minimum atomic E-state index is -0.210. The lowest BCUT2D eigenvalue weighted by Crippen LogP contribution is -2.13. The highest BCUT2D eigenvalue weighted by molar-refractivity contribution is 8.06. The third kappa shape index (κ3) is 9.60. The fraction of sp³-hybridized carbons (Fsp3) is 0.500. The summed E-state index contributed by atoms with van der Waals surface area (Å²) in [4.78, 5) is 20.5. The summed E-state index contributed by atoms with van der Waals surface area (Å²) in [5.41, 5.74) is 0. The molecular weight excluding hydrogens is 188 g/mol. The molecule has 0 fully saturated rings. The van der Waals surface area contributed by atoms with Gasteiger partial charge < -0.3 is 0 Å². The lowest BCUT2D eigenvalue weighted by Gasteiger charge is -1.98. The monoisotopic (exact) mass is 196 g/mol. The Hall–Kier alpha value is -0.400. The molecule has 0 aliphatic heterocycles. The van der Waals surface area contributed by atoms with Crippen LogP contribution in [-0.2, 0) is 13.2 Å². The van der Waals surface area contributed by atoms with Gasteiger partial charge >= 0.3 is 0 Å². The normalized spacial score (nSPS) is 8.91. The zero-order chi connectivity index (χ0) is 8.69. The number of rotatable bonds is 4. The Morgan fingerprint density at radius 1 is 1.09 bits per heavy atom. The van der Waals surface area contributed by atoms with Gasteiger partial charge in [0.25, 0.3) is 0 Å². The van der Waals surface area contributed by atoms with Crippen molar-refractivity contribution in [1.29, 1.82) is 0 Å². The molecule has 0 aromatic heterocycles. The van der Waals surface area contributed by atoms with E-state index >= 15 is 0 Å². The number of carbonyl (C=O) groups is 2. The van der Waals surface area contributed by atoms with Gasteiger partial charge in [-0.2, -0.15) is 0 Å². The third-order valence-electron chi connectivity index (χ3n) is 0.439. The Kier molecular flexibility index (Phi) is 6.09. The van der Waals surface area contributed by atoms with Crippen molar-refractivity contribution in [2.75, 3.05) is 0 Å². The molecule has 64 valence electrons. The van der Waals surface area contributed by atoms with Crippen molar-refractivity contribution in [3.63, 3.8) is 0 Å². The number of hydrogen-bond acceptors (Lipinski definition) is 5. The number of hydrogen-bond donors (Lipinski definition) is 2. The van der Waals surface area contributed by atoms with E-state index in [9.17, 15) is 9.59 Å². The van der Waals surface area contributed by atoms with Gasteiger partial charge in [0.2, 0.25) is 11.8 Å². The summed E-state index contributed by atoms with van der Waals surface area (Å²) in [5, 5.41) is 0. The van der Waals surface area contributed by atoms with E-state index in [2.05, 4.69) is 13.1 Å². The van der Waals surface area contributed by atoms with Crippen LogP contribution in [-0.4, -0.2) is 11.8 Å². The molecule has 2 N–H and O–H groups in total. The molecule has 0 saturated carbocycles. The highest BCUT2D eigenvalue weighted by Crippen LogP contribution is 2.06. The van der Waals surface area contributed by atoms with Crippen LogP contribution >= 0.6 is 24.5 Å². The Morgan fingerprint density at radius 2 is 1.45 bits per heavy atom. The molecule has 0 aliphatic carbocycles. The molecular formula is C4H8N2O3S2. The van der Waals surface area contributed by atoms with Crippen molar-refractivity contribution < 1.29 is 13.2 Å². The smallest absolute Gasteiger partial charge is 0.228 e. The topological polar surface area (TPSA) is 67.4 Å². The summed E-state index contributed by atoms with van der Waals surface area (Å²) in [6, 6.07) is 0. The first kappa shape index (κ1) is 10.6. The third-order valence-corrected chi connectivity index (χ3v) is 1.72. The summed E-state index contributed by atoms with van der Waals surface area (Å²) in [5.74, 6) is -0.420. The van der Waals surface area contributed by atoms with Crippen LogP contribution in [0.2, 0.25) is 0 Å². The maximum Gasteiger partial charge on any atom is 0.228 e. The second-order valence-electron chi connectivity index (χ2n) is 1.55. The lowest BCUT2D eigenvalue weighted by atomic mass is 10.8. The van der Waals surface area contributed by atoms with E-state index in [0.717, 1.165) is 24.5 Å². The van der Waals surface area contributed by atoms with E-state index in [1.54, 1.807) is 0 Å². The first-order valence-electron chi connectivity index (χ1n) is 2.65. The van der Waals surface area contributed by atoms with Gasteiger partial charge in [-0.1, -0.05) is 0 Å². The predicted octanol–water partition coefficient (Wildman–Crippen LogP) is 0.402. The van der Waals surface area contributed by atoms with Gasteiger partial charge in [0.05, 0.1) is 0 Å². The summed E-state index contributed by atoms with van der Waals surface area (Å²) < 4.78 is 9.23. The largest absolute Gasteiger partial charge is 0.276 e. The second kappa shape index (κ2) is 6.32. The molecule has 0 heterocycles. The van der Waals surface area contributed by atoms with Crippen molar-refractivity contribution in [3.05, 3.63) is 0 Å². The Morgan fingerprint density at radius 3 is 1.73 bits per heavy atom. The van der Waals surface area contributed by atoms with Crippen LogP contribution < -0.4 is 9.44 Å². The minimum absolute atomic E-state index is 0.210. The molecule has 7 heteroatoms. The van der Waals surface area contributed by atoms with Crippen molar-refractivity contribution in [2.24, 2.45) is 0 Å². The summed E-state index contributed by atoms with van der Waals surface area (Å²) >= 11 is 1.50. The van der Waals surface area contributed by atoms with Crippen LogP contribution in [0.3, 0.4) is 0 Å². The highest BCUT2D eigenvalue weighted by atomic mass is 32.2. The van der Waals surface area contributed by atoms with E-state index in [1.807, 2.05) is 0 Å². The zero-order valence-corrected chi connectivity index (χ0v) is 7.67. The van der Waals surface area contributed by atoms with Gasteiger partial charge in [0.15, 0.2) is 0 Å². The lowest BCUT2D eigenvalue weighted by molar-refractivity contribution is -0.117. The molecule has 0 unspecified atom stereocenters. The molecule has 5 nitrogen and oxygen atoms in total. The van der Waals surface area contributed by atoms with Gasteiger partial charge in [-0.3, -0.25) is 19.0 Å². The molecule has 0 aromatic rings. The summed E-state index contributed by atoms with van der Waals surface area (Å²) in [6.45, 7) is 2.72. The number of carbonyl (C=O) groups excluding carboxylic acids is 2. The molecule has 0 aromatic carbocycles. The van der Waals surface area contributed by atoms with E-state index < -0.39 is 0 Å². The van der Waals surface area contributed by atoms with Gasteiger partial charge in [0, 0.05) is 13.8 Å². The molecule has 11 heavy (non-hydrogen) atoms. The van der Waals surface area contributed by atoms with Crippen molar-refractivity contribution in [1.82, 2.24) is 9.44 Å². The Labute approximate surface area is 73.3 Å². The van der Waals surface area contributed by atoms with Gasteiger partial charge in [-0.15, -0.1) is 0 Å². The van der Waals surface area contributed by atoms with Crippen molar-refractivity contribution >= 4 is 36.3 Å². The molecule has 0 rings (SSSR count). The minimum Gasteiger partial charge on any atom is -0.276 e.